The van der Waals surface area contributed by atoms with Gasteiger partial charge in [0.2, 0.25) is 11.8 Å². The molecule has 7 heteroatoms. The first-order chi connectivity index (χ1) is 11.7. The summed E-state index contributed by atoms with van der Waals surface area (Å²) in [6.45, 7) is 4.69. The number of aromatic nitrogens is 1. The molecule has 0 spiro atoms. The maximum atomic E-state index is 12.6. The van der Waals surface area contributed by atoms with E-state index >= 15 is 0 Å². The summed E-state index contributed by atoms with van der Waals surface area (Å²) in [7, 11) is 0. The second kappa shape index (κ2) is 6.80. The summed E-state index contributed by atoms with van der Waals surface area (Å²) in [6, 6.07) is 0. The molecule has 1 aromatic heterocycles. The van der Waals surface area contributed by atoms with E-state index in [0.717, 1.165) is 74.6 Å². The predicted molar refractivity (Wildman–Crippen MR) is 93.1 cm³/mol. The van der Waals surface area contributed by atoms with E-state index in [1.54, 1.807) is 4.90 Å². The van der Waals surface area contributed by atoms with Gasteiger partial charge in [-0.2, -0.15) is 0 Å². The molecule has 4 heterocycles. The Hall–Kier alpha value is -1.47. The van der Waals surface area contributed by atoms with Crippen LogP contribution in [0.3, 0.4) is 0 Å². The minimum Gasteiger partial charge on any atom is -0.342 e. The molecule has 6 nitrogen and oxygen atoms in total. The third-order valence-electron chi connectivity index (χ3n) is 5.55. The average molecular weight is 348 g/mol. The van der Waals surface area contributed by atoms with Crippen LogP contribution < -0.4 is 10.2 Å². The van der Waals surface area contributed by atoms with Crippen LogP contribution in [0, 0.1) is 11.8 Å². The highest BCUT2D eigenvalue weighted by Crippen LogP contribution is 2.28. The van der Waals surface area contributed by atoms with Crippen molar-refractivity contribution >= 4 is 28.3 Å². The van der Waals surface area contributed by atoms with Crippen LogP contribution in [-0.2, 0) is 16.0 Å². The number of likely N-dealkylation sites (tertiary alicyclic amines) is 1. The topological polar surface area (TPSA) is 65.5 Å². The Bertz CT molecular complexity index is 618. The van der Waals surface area contributed by atoms with Gasteiger partial charge in [-0.15, -0.1) is 11.3 Å². The first-order valence-corrected chi connectivity index (χ1v) is 9.82. The standard InChI is InChI=1S/C17H24N4O2S/c22-15-2-1-5-21(15)17-19-14(11-24-17)8-16(23)20-6-3-12-9-18-10-13(12)4-7-20/h11-13,18H,1-10H2/t12-,13+. The van der Waals surface area contributed by atoms with Gasteiger partial charge >= 0.3 is 0 Å². The maximum absolute atomic E-state index is 12.6. The minimum atomic E-state index is 0.148. The van der Waals surface area contributed by atoms with Gasteiger partial charge in [0.05, 0.1) is 12.1 Å². The van der Waals surface area contributed by atoms with Crippen molar-refractivity contribution in [1.29, 1.82) is 0 Å². The molecular formula is C17H24N4O2S. The smallest absolute Gasteiger partial charge is 0.228 e. The summed E-state index contributed by atoms with van der Waals surface area (Å²) in [4.78, 5) is 32.7. The molecular weight excluding hydrogens is 324 g/mol. The Morgan fingerprint density at radius 3 is 2.67 bits per heavy atom. The van der Waals surface area contributed by atoms with E-state index in [0.29, 0.717) is 12.8 Å². The highest BCUT2D eigenvalue weighted by molar-refractivity contribution is 7.14. The quantitative estimate of drug-likeness (QED) is 0.893. The van der Waals surface area contributed by atoms with E-state index in [1.807, 2.05) is 10.3 Å². The Balaban J connectivity index is 1.36. The van der Waals surface area contributed by atoms with Gasteiger partial charge in [0, 0.05) is 31.4 Å². The molecule has 0 unspecified atom stereocenters. The molecule has 4 rings (SSSR count). The van der Waals surface area contributed by atoms with Crippen molar-refractivity contribution in [2.24, 2.45) is 11.8 Å². The number of nitrogens with one attached hydrogen (secondary N) is 1. The first-order valence-electron chi connectivity index (χ1n) is 8.94. The highest BCUT2D eigenvalue weighted by atomic mass is 32.1. The number of fused-ring (bicyclic) bond motifs is 1. The van der Waals surface area contributed by atoms with Crippen molar-refractivity contribution in [3.8, 4) is 0 Å². The van der Waals surface area contributed by atoms with Crippen LogP contribution in [0.2, 0.25) is 0 Å². The largest absolute Gasteiger partial charge is 0.342 e. The molecule has 2 amide bonds. The van der Waals surface area contributed by atoms with Gasteiger partial charge in [-0.05, 0) is 44.2 Å². The number of nitrogens with zero attached hydrogens (tertiary/aromatic N) is 3. The van der Waals surface area contributed by atoms with Crippen LogP contribution in [0.25, 0.3) is 0 Å². The van der Waals surface area contributed by atoms with E-state index in [2.05, 4.69) is 10.3 Å². The number of hydrogen-bond acceptors (Lipinski definition) is 5. The molecule has 2 atom stereocenters. The molecule has 1 aromatic rings. The number of thiazole rings is 1. The molecule has 0 bridgehead atoms. The summed E-state index contributed by atoms with van der Waals surface area (Å²) in [5, 5.41) is 6.14. The summed E-state index contributed by atoms with van der Waals surface area (Å²) in [5.41, 5.74) is 0.797. The number of amides is 2. The van der Waals surface area contributed by atoms with Crippen LogP contribution in [0.15, 0.2) is 5.38 Å². The average Bonchev–Trinajstić information content (AvgIpc) is 3.27. The van der Waals surface area contributed by atoms with Crippen molar-refractivity contribution in [3.05, 3.63) is 11.1 Å². The fourth-order valence-corrected chi connectivity index (χ4v) is 4.95. The zero-order valence-electron chi connectivity index (χ0n) is 13.9. The second-order valence-corrected chi connectivity index (χ2v) is 7.92. The third kappa shape index (κ3) is 3.19. The number of hydrogen-bond donors (Lipinski definition) is 1. The van der Waals surface area contributed by atoms with Crippen molar-refractivity contribution in [3.63, 3.8) is 0 Å². The van der Waals surface area contributed by atoms with Crippen LogP contribution in [-0.4, -0.2) is 54.4 Å². The number of carbonyl (C=O) groups is 2. The molecule has 0 saturated carbocycles. The van der Waals surface area contributed by atoms with Crippen molar-refractivity contribution in [2.45, 2.75) is 32.1 Å². The summed E-state index contributed by atoms with van der Waals surface area (Å²) in [5.74, 6) is 1.78. The fraction of sp³-hybridized carbons (Fsp3) is 0.706. The van der Waals surface area contributed by atoms with E-state index in [4.69, 9.17) is 0 Å². The molecule has 0 aliphatic carbocycles. The molecule has 130 valence electrons. The van der Waals surface area contributed by atoms with Gasteiger partial charge in [-0.25, -0.2) is 4.98 Å². The minimum absolute atomic E-state index is 0.148. The second-order valence-electron chi connectivity index (χ2n) is 7.08. The van der Waals surface area contributed by atoms with Crippen LogP contribution in [0.1, 0.15) is 31.4 Å². The zero-order chi connectivity index (χ0) is 16.5. The van der Waals surface area contributed by atoms with Crippen LogP contribution in [0.4, 0.5) is 5.13 Å². The Labute approximate surface area is 146 Å². The summed E-state index contributed by atoms with van der Waals surface area (Å²) < 4.78 is 0. The SMILES string of the molecule is O=C(Cc1csc(N2CCCC2=O)n1)N1CC[C@@H]2CNC[C@@H]2CC1. The molecule has 1 N–H and O–H groups in total. The Kier molecular flexibility index (Phi) is 4.54. The van der Waals surface area contributed by atoms with Crippen LogP contribution in [0.5, 0.6) is 0 Å². The molecule has 0 aromatic carbocycles. The van der Waals surface area contributed by atoms with Crippen molar-refractivity contribution in [2.75, 3.05) is 37.6 Å². The fourth-order valence-electron chi connectivity index (χ4n) is 4.09. The predicted octanol–water partition coefficient (Wildman–Crippen LogP) is 1.27. The zero-order valence-corrected chi connectivity index (χ0v) is 14.7. The van der Waals surface area contributed by atoms with Gasteiger partial charge in [0.25, 0.3) is 0 Å². The highest BCUT2D eigenvalue weighted by Gasteiger charge is 2.31. The number of anilines is 1. The van der Waals surface area contributed by atoms with Gasteiger partial charge in [-0.3, -0.25) is 14.5 Å². The Morgan fingerprint density at radius 1 is 1.25 bits per heavy atom. The van der Waals surface area contributed by atoms with Crippen molar-refractivity contribution in [1.82, 2.24) is 15.2 Å². The monoisotopic (exact) mass is 348 g/mol. The summed E-state index contributed by atoms with van der Waals surface area (Å²) >= 11 is 1.47. The van der Waals surface area contributed by atoms with Crippen molar-refractivity contribution < 1.29 is 9.59 Å². The lowest BCUT2D eigenvalue weighted by Gasteiger charge is -2.20. The van der Waals surface area contributed by atoms with Crippen LogP contribution >= 0.6 is 11.3 Å². The first kappa shape index (κ1) is 16.0. The van der Waals surface area contributed by atoms with E-state index < -0.39 is 0 Å². The van der Waals surface area contributed by atoms with Gasteiger partial charge in [0.15, 0.2) is 5.13 Å². The Morgan fingerprint density at radius 2 is 2.00 bits per heavy atom. The normalized spacial score (nSPS) is 27.4. The number of rotatable bonds is 3. The van der Waals surface area contributed by atoms with E-state index in [-0.39, 0.29) is 11.8 Å². The summed E-state index contributed by atoms with van der Waals surface area (Å²) in [6.07, 6.45) is 4.07. The third-order valence-corrected chi connectivity index (χ3v) is 6.46. The number of carbonyl (C=O) groups excluding carboxylic acids is 2. The van der Waals surface area contributed by atoms with Gasteiger partial charge < -0.3 is 10.2 Å². The lowest BCUT2D eigenvalue weighted by atomic mass is 9.92. The molecule has 24 heavy (non-hydrogen) atoms. The molecule has 3 saturated heterocycles. The molecule has 3 aliphatic rings. The molecule has 3 aliphatic heterocycles. The maximum Gasteiger partial charge on any atom is 0.228 e. The van der Waals surface area contributed by atoms with E-state index in [9.17, 15) is 9.59 Å². The van der Waals surface area contributed by atoms with E-state index in [1.165, 1.54) is 11.3 Å². The lowest BCUT2D eigenvalue weighted by Crippen LogP contribution is -2.34. The molecule has 3 fully saturated rings. The molecule has 0 radical (unpaired) electrons. The van der Waals surface area contributed by atoms with Gasteiger partial charge in [-0.1, -0.05) is 0 Å². The van der Waals surface area contributed by atoms with Gasteiger partial charge in [0.1, 0.15) is 0 Å². The lowest BCUT2D eigenvalue weighted by molar-refractivity contribution is -0.130.